The van der Waals surface area contributed by atoms with E-state index in [2.05, 4.69) is 10.1 Å². The quantitative estimate of drug-likeness (QED) is 0.865. The van der Waals surface area contributed by atoms with E-state index in [4.69, 9.17) is 5.73 Å². The second-order valence-corrected chi connectivity index (χ2v) is 5.13. The van der Waals surface area contributed by atoms with Crippen molar-refractivity contribution in [3.8, 4) is 5.75 Å². The predicted octanol–water partition coefficient (Wildman–Crippen LogP) is 3.30. The van der Waals surface area contributed by atoms with E-state index >= 15 is 0 Å². The van der Waals surface area contributed by atoms with Crippen molar-refractivity contribution in [2.24, 2.45) is 11.7 Å². The summed E-state index contributed by atoms with van der Waals surface area (Å²) in [5.74, 6) is -1.37. The highest BCUT2D eigenvalue weighted by atomic mass is 35.5. The Morgan fingerprint density at radius 3 is 2.73 bits per heavy atom. The minimum absolute atomic E-state index is 0. The van der Waals surface area contributed by atoms with Crippen molar-refractivity contribution in [3.05, 3.63) is 24.0 Å². The maximum absolute atomic E-state index is 13.1. The number of hydrogen-bond donors (Lipinski definition) is 2. The summed E-state index contributed by atoms with van der Waals surface area (Å²) in [6, 6.07) is 3.05. The molecule has 0 heterocycles. The summed E-state index contributed by atoms with van der Waals surface area (Å²) in [5, 5.41) is 2.47. The molecular weight excluding hydrogens is 321 g/mol. The Balaban J connectivity index is 0.00000242. The van der Waals surface area contributed by atoms with Crippen molar-refractivity contribution < 1.29 is 22.7 Å². The van der Waals surface area contributed by atoms with E-state index in [9.17, 15) is 18.0 Å². The number of halogens is 4. The van der Waals surface area contributed by atoms with Crippen molar-refractivity contribution in [3.63, 3.8) is 0 Å². The average molecular weight is 339 g/mol. The van der Waals surface area contributed by atoms with Crippen molar-refractivity contribution in [2.45, 2.75) is 38.3 Å². The van der Waals surface area contributed by atoms with Gasteiger partial charge in [0.15, 0.2) is 5.75 Å². The van der Waals surface area contributed by atoms with Crippen LogP contribution in [-0.2, 0) is 4.79 Å². The lowest BCUT2D eigenvalue weighted by Gasteiger charge is -2.16. The zero-order valence-corrected chi connectivity index (χ0v) is 12.5. The van der Waals surface area contributed by atoms with Gasteiger partial charge in [-0.05, 0) is 30.9 Å². The first kappa shape index (κ1) is 18.6. The van der Waals surface area contributed by atoms with Gasteiger partial charge in [0.1, 0.15) is 5.82 Å². The highest BCUT2D eigenvalue weighted by Crippen LogP contribution is 2.30. The molecule has 0 unspecified atom stereocenters. The van der Waals surface area contributed by atoms with Crippen molar-refractivity contribution in [2.75, 3.05) is 5.32 Å². The zero-order valence-electron chi connectivity index (χ0n) is 11.7. The van der Waals surface area contributed by atoms with Gasteiger partial charge in [0.05, 0.1) is 5.69 Å². The molecule has 0 saturated heterocycles. The molecule has 1 aliphatic carbocycles. The largest absolute Gasteiger partial charge is 0.432 e. The summed E-state index contributed by atoms with van der Waals surface area (Å²) < 4.78 is 41.8. The van der Waals surface area contributed by atoms with Gasteiger partial charge in [0.25, 0.3) is 0 Å². The number of rotatable bonds is 5. The Morgan fingerprint density at radius 2 is 2.14 bits per heavy atom. The number of anilines is 1. The number of ether oxygens (including phenoxy) is 1. The molecule has 0 aliphatic heterocycles. The molecule has 1 amide bonds. The van der Waals surface area contributed by atoms with Gasteiger partial charge in [-0.1, -0.05) is 6.42 Å². The third-order valence-corrected chi connectivity index (χ3v) is 3.60. The topological polar surface area (TPSA) is 64.4 Å². The molecule has 0 aromatic heterocycles. The monoisotopic (exact) mass is 338 g/mol. The van der Waals surface area contributed by atoms with Gasteiger partial charge in [-0.2, -0.15) is 8.78 Å². The van der Waals surface area contributed by atoms with Crippen LogP contribution in [0, 0.1) is 11.7 Å². The average Bonchev–Trinajstić information content (AvgIpc) is 2.78. The van der Waals surface area contributed by atoms with Crippen LogP contribution >= 0.6 is 12.4 Å². The normalized spacial score (nSPS) is 20.6. The molecule has 1 fully saturated rings. The molecule has 4 nitrogen and oxygen atoms in total. The van der Waals surface area contributed by atoms with E-state index in [1.807, 2.05) is 0 Å². The number of nitrogens with two attached hydrogens (primary N) is 1. The van der Waals surface area contributed by atoms with E-state index in [0.717, 1.165) is 31.4 Å². The van der Waals surface area contributed by atoms with Crippen molar-refractivity contribution in [1.29, 1.82) is 0 Å². The number of alkyl halides is 2. The van der Waals surface area contributed by atoms with Gasteiger partial charge in [0.2, 0.25) is 5.91 Å². The SMILES string of the molecule is Cl.N[C@@H]1CCC[C@H]1CC(=O)Nc1ccc(F)cc1OC(F)F. The molecule has 22 heavy (non-hydrogen) atoms. The number of amides is 1. The molecule has 8 heteroatoms. The smallest absolute Gasteiger partial charge is 0.387 e. The maximum Gasteiger partial charge on any atom is 0.387 e. The zero-order chi connectivity index (χ0) is 15.4. The molecule has 0 radical (unpaired) electrons. The van der Waals surface area contributed by atoms with Crippen LogP contribution in [0.2, 0.25) is 0 Å². The lowest BCUT2D eigenvalue weighted by atomic mass is 10.00. The summed E-state index contributed by atoms with van der Waals surface area (Å²) in [6.07, 6.45) is 2.95. The predicted molar refractivity (Wildman–Crippen MR) is 78.8 cm³/mol. The molecule has 1 saturated carbocycles. The third kappa shape index (κ3) is 5.06. The van der Waals surface area contributed by atoms with E-state index < -0.39 is 18.2 Å². The molecule has 1 aromatic carbocycles. The van der Waals surface area contributed by atoms with Crippen LogP contribution in [0.15, 0.2) is 18.2 Å². The molecule has 124 valence electrons. The van der Waals surface area contributed by atoms with Crippen LogP contribution in [0.1, 0.15) is 25.7 Å². The van der Waals surface area contributed by atoms with E-state index in [-0.39, 0.29) is 42.4 Å². The second kappa shape index (κ2) is 8.24. The Hall–Kier alpha value is -1.47. The van der Waals surface area contributed by atoms with Gasteiger partial charge < -0.3 is 15.8 Å². The second-order valence-electron chi connectivity index (χ2n) is 5.13. The number of benzene rings is 1. The van der Waals surface area contributed by atoms with Crippen LogP contribution < -0.4 is 15.8 Å². The van der Waals surface area contributed by atoms with Crippen LogP contribution in [0.25, 0.3) is 0 Å². The van der Waals surface area contributed by atoms with Crippen molar-refractivity contribution >= 4 is 24.0 Å². The van der Waals surface area contributed by atoms with Crippen molar-refractivity contribution in [1.82, 2.24) is 0 Å². The summed E-state index contributed by atoms with van der Waals surface area (Å²) in [6.45, 7) is -3.09. The molecule has 1 aromatic rings. The van der Waals surface area contributed by atoms with Gasteiger partial charge in [-0.3, -0.25) is 4.79 Å². The lowest BCUT2D eigenvalue weighted by Crippen LogP contribution is -2.28. The Kier molecular flexibility index (Phi) is 6.96. The number of carbonyl (C=O) groups excluding carboxylic acids is 1. The number of hydrogen-bond acceptors (Lipinski definition) is 3. The molecule has 0 spiro atoms. The summed E-state index contributed by atoms with van der Waals surface area (Å²) in [4.78, 5) is 11.9. The molecule has 3 N–H and O–H groups in total. The third-order valence-electron chi connectivity index (χ3n) is 3.60. The minimum atomic E-state index is -3.09. The number of carbonyl (C=O) groups is 1. The highest BCUT2D eigenvalue weighted by Gasteiger charge is 2.26. The van der Waals surface area contributed by atoms with E-state index in [1.165, 1.54) is 6.07 Å². The van der Waals surface area contributed by atoms with Crippen LogP contribution in [-0.4, -0.2) is 18.6 Å². The Morgan fingerprint density at radius 1 is 1.41 bits per heavy atom. The fraction of sp³-hybridized carbons (Fsp3) is 0.500. The van der Waals surface area contributed by atoms with E-state index in [1.54, 1.807) is 0 Å². The van der Waals surface area contributed by atoms with Gasteiger partial charge in [-0.25, -0.2) is 4.39 Å². The molecular formula is C14H18ClF3N2O2. The summed E-state index contributed by atoms with van der Waals surface area (Å²) in [7, 11) is 0. The fourth-order valence-corrected chi connectivity index (χ4v) is 2.55. The number of nitrogens with one attached hydrogen (secondary N) is 1. The Labute approximate surface area is 132 Å². The highest BCUT2D eigenvalue weighted by molar-refractivity contribution is 5.92. The standard InChI is InChI=1S/C14H17F3N2O2.ClH/c15-9-4-5-11(12(7-9)21-14(16)17)19-13(20)6-8-2-1-3-10(8)18;/h4-5,7-8,10,14H,1-3,6,18H2,(H,19,20);1H/t8-,10+;/m0./s1. The first-order valence-corrected chi connectivity index (χ1v) is 6.75. The maximum atomic E-state index is 13.1. The van der Waals surface area contributed by atoms with Crippen LogP contribution in [0.3, 0.4) is 0 Å². The molecule has 1 aliphatic rings. The van der Waals surface area contributed by atoms with Gasteiger partial charge in [0, 0.05) is 18.5 Å². The lowest BCUT2D eigenvalue weighted by molar-refractivity contribution is -0.117. The van der Waals surface area contributed by atoms with E-state index in [0.29, 0.717) is 0 Å². The summed E-state index contributed by atoms with van der Waals surface area (Å²) >= 11 is 0. The van der Waals surface area contributed by atoms with Gasteiger partial charge >= 0.3 is 6.61 Å². The molecule has 0 bridgehead atoms. The van der Waals surface area contributed by atoms with Crippen LogP contribution in [0.5, 0.6) is 5.75 Å². The first-order valence-electron chi connectivity index (χ1n) is 6.75. The fourth-order valence-electron chi connectivity index (χ4n) is 2.55. The first-order chi connectivity index (χ1) is 9.95. The van der Waals surface area contributed by atoms with Crippen LogP contribution in [0.4, 0.5) is 18.9 Å². The summed E-state index contributed by atoms with van der Waals surface area (Å²) in [5.41, 5.74) is 5.90. The minimum Gasteiger partial charge on any atom is -0.432 e. The molecule has 2 rings (SSSR count). The van der Waals surface area contributed by atoms with Gasteiger partial charge in [-0.15, -0.1) is 12.4 Å². The Bertz CT molecular complexity index is 517. The molecule has 2 atom stereocenters.